The summed E-state index contributed by atoms with van der Waals surface area (Å²) in [4.78, 5) is 28.3. The maximum absolute atomic E-state index is 12.6. The third-order valence-electron chi connectivity index (χ3n) is 5.04. The van der Waals surface area contributed by atoms with E-state index in [0.29, 0.717) is 32.5 Å². The number of ether oxygens (including phenoxy) is 1. The number of carbonyl (C=O) groups excluding carboxylic acids is 2. The van der Waals surface area contributed by atoms with Crippen molar-refractivity contribution in [2.75, 3.05) is 47.4 Å². The van der Waals surface area contributed by atoms with Crippen LogP contribution >= 0.6 is 0 Å². The van der Waals surface area contributed by atoms with E-state index in [1.165, 1.54) is 18.2 Å². The van der Waals surface area contributed by atoms with E-state index in [4.69, 9.17) is 4.74 Å². The lowest BCUT2D eigenvalue weighted by atomic mass is 9.95. The number of rotatable bonds is 7. The number of benzene rings is 1. The first-order valence-corrected chi connectivity index (χ1v) is 9.19. The van der Waals surface area contributed by atoms with Crippen LogP contribution in [0.3, 0.4) is 0 Å². The van der Waals surface area contributed by atoms with Crippen molar-refractivity contribution < 1.29 is 14.3 Å². The number of likely N-dealkylation sites (N-methyl/N-ethyl adjacent to an activating group) is 1. The second-order valence-electron chi connectivity index (χ2n) is 7.22. The van der Waals surface area contributed by atoms with Crippen LogP contribution in [0, 0.1) is 12.8 Å². The standard InChI is InChI=1S/C20H31N3O3/c1-15-5-7-16(8-6-15)18(22(2)3)13-21-20(25)17-9-11-23(12-10-17)19(24)14-26-4/h5-8,17-18H,9-14H2,1-4H3,(H,21,25). The Kier molecular flexibility index (Phi) is 7.60. The molecule has 1 saturated heterocycles. The number of aryl methyl sites for hydroxylation is 1. The van der Waals surface area contributed by atoms with Crippen LogP contribution in [0.15, 0.2) is 24.3 Å². The van der Waals surface area contributed by atoms with Gasteiger partial charge in [-0.2, -0.15) is 0 Å². The van der Waals surface area contributed by atoms with Crippen LogP contribution in [0.1, 0.15) is 30.0 Å². The van der Waals surface area contributed by atoms with Gasteiger partial charge in [0.05, 0.1) is 6.04 Å². The summed E-state index contributed by atoms with van der Waals surface area (Å²) in [7, 11) is 5.57. The molecule has 0 bridgehead atoms. The molecule has 0 radical (unpaired) electrons. The fourth-order valence-electron chi connectivity index (χ4n) is 3.33. The van der Waals surface area contributed by atoms with Crippen LogP contribution in [0.4, 0.5) is 0 Å². The lowest BCUT2D eigenvalue weighted by Crippen LogP contribution is -2.45. The molecule has 1 aromatic carbocycles. The first-order chi connectivity index (χ1) is 12.4. The molecule has 1 unspecified atom stereocenters. The second kappa shape index (κ2) is 9.69. The minimum absolute atomic E-state index is 0.00148. The molecule has 0 spiro atoms. The summed E-state index contributed by atoms with van der Waals surface area (Å²) in [6.07, 6.45) is 1.41. The molecule has 6 nitrogen and oxygen atoms in total. The largest absolute Gasteiger partial charge is 0.375 e. The fraction of sp³-hybridized carbons (Fsp3) is 0.600. The SMILES string of the molecule is COCC(=O)N1CCC(C(=O)NCC(c2ccc(C)cc2)N(C)C)CC1. The third kappa shape index (κ3) is 5.54. The molecule has 0 saturated carbocycles. The molecule has 0 aromatic heterocycles. The average molecular weight is 361 g/mol. The van der Waals surface area contributed by atoms with Crippen LogP contribution in [0.5, 0.6) is 0 Å². The lowest BCUT2D eigenvalue weighted by Gasteiger charge is -2.32. The van der Waals surface area contributed by atoms with E-state index >= 15 is 0 Å². The van der Waals surface area contributed by atoms with Crippen molar-refractivity contribution in [3.63, 3.8) is 0 Å². The molecule has 0 aliphatic carbocycles. The molecule has 2 rings (SSSR count). The van der Waals surface area contributed by atoms with Gasteiger partial charge in [0.2, 0.25) is 11.8 Å². The highest BCUT2D eigenvalue weighted by molar-refractivity contribution is 5.80. The van der Waals surface area contributed by atoms with Gasteiger partial charge in [-0.05, 0) is 39.4 Å². The van der Waals surface area contributed by atoms with Crippen LogP contribution < -0.4 is 5.32 Å². The van der Waals surface area contributed by atoms with Crippen molar-refractivity contribution in [1.29, 1.82) is 0 Å². The zero-order valence-electron chi connectivity index (χ0n) is 16.3. The Morgan fingerprint density at radius 3 is 2.38 bits per heavy atom. The Morgan fingerprint density at radius 2 is 1.85 bits per heavy atom. The maximum Gasteiger partial charge on any atom is 0.248 e. The summed E-state index contributed by atoms with van der Waals surface area (Å²) in [6, 6.07) is 8.57. The summed E-state index contributed by atoms with van der Waals surface area (Å²) in [6.45, 7) is 4.00. The van der Waals surface area contributed by atoms with Crippen molar-refractivity contribution >= 4 is 11.8 Å². The Labute approximate surface area is 156 Å². The third-order valence-corrected chi connectivity index (χ3v) is 5.04. The molecule has 1 atom stereocenters. The number of likely N-dealkylation sites (tertiary alicyclic amines) is 1. The van der Waals surface area contributed by atoms with Gasteiger partial charge in [-0.1, -0.05) is 29.8 Å². The van der Waals surface area contributed by atoms with E-state index in [1.807, 2.05) is 14.1 Å². The number of piperidine rings is 1. The molecule has 1 aromatic rings. The number of amides is 2. The highest BCUT2D eigenvalue weighted by Gasteiger charge is 2.27. The minimum atomic E-state index is -0.0255. The molecule has 1 fully saturated rings. The number of hydrogen-bond donors (Lipinski definition) is 1. The van der Waals surface area contributed by atoms with Crippen LogP contribution in [0.2, 0.25) is 0 Å². The van der Waals surface area contributed by atoms with Crippen molar-refractivity contribution in [2.45, 2.75) is 25.8 Å². The van der Waals surface area contributed by atoms with Gasteiger partial charge in [0.15, 0.2) is 0 Å². The van der Waals surface area contributed by atoms with Gasteiger partial charge in [0.1, 0.15) is 6.61 Å². The van der Waals surface area contributed by atoms with Gasteiger partial charge in [0, 0.05) is 32.7 Å². The maximum atomic E-state index is 12.6. The summed E-state index contributed by atoms with van der Waals surface area (Å²) >= 11 is 0. The predicted octanol–water partition coefficient (Wildman–Crippen LogP) is 1.60. The van der Waals surface area contributed by atoms with Crippen LogP contribution in [0.25, 0.3) is 0 Å². The molecular weight excluding hydrogens is 330 g/mol. The Bertz CT molecular complexity index is 593. The number of nitrogens with one attached hydrogen (secondary N) is 1. The molecule has 6 heteroatoms. The number of carbonyl (C=O) groups is 2. The van der Waals surface area contributed by atoms with Crippen molar-refractivity contribution in [1.82, 2.24) is 15.1 Å². The van der Waals surface area contributed by atoms with Crippen molar-refractivity contribution in [3.05, 3.63) is 35.4 Å². The molecular formula is C20H31N3O3. The molecule has 1 heterocycles. The minimum Gasteiger partial charge on any atom is -0.375 e. The normalized spacial score (nSPS) is 16.6. The van der Waals surface area contributed by atoms with E-state index in [-0.39, 0.29) is 30.4 Å². The number of hydrogen-bond acceptors (Lipinski definition) is 4. The van der Waals surface area contributed by atoms with E-state index in [1.54, 1.807) is 4.90 Å². The van der Waals surface area contributed by atoms with Gasteiger partial charge < -0.3 is 19.9 Å². The van der Waals surface area contributed by atoms with Gasteiger partial charge in [-0.25, -0.2) is 0 Å². The van der Waals surface area contributed by atoms with Crippen LogP contribution in [-0.2, 0) is 14.3 Å². The summed E-state index contributed by atoms with van der Waals surface area (Å²) < 4.78 is 4.89. The van der Waals surface area contributed by atoms with Gasteiger partial charge >= 0.3 is 0 Å². The first kappa shape index (κ1) is 20.4. The Morgan fingerprint density at radius 1 is 1.23 bits per heavy atom. The molecule has 26 heavy (non-hydrogen) atoms. The zero-order valence-corrected chi connectivity index (χ0v) is 16.3. The average Bonchev–Trinajstić information content (AvgIpc) is 2.63. The zero-order chi connectivity index (χ0) is 19.1. The monoisotopic (exact) mass is 361 g/mol. The van der Waals surface area contributed by atoms with E-state index in [9.17, 15) is 9.59 Å². The molecule has 144 valence electrons. The highest BCUT2D eigenvalue weighted by atomic mass is 16.5. The Balaban J connectivity index is 1.85. The number of methoxy groups -OCH3 is 1. The molecule has 2 amide bonds. The molecule has 1 aliphatic heterocycles. The molecule has 1 N–H and O–H groups in total. The lowest BCUT2D eigenvalue weighted by molar-refractivity contribution is -0.138. The smallest absolute Gasteiger partial charge is 0.248 e. The van der Waals surface area contributed by atoms with E-state index in [2.05, 4.69) is 41.4 Å². The Hall–Kier alpha value is -1.92. The number of nitrogens with zero attached hydrogens (tertiary/aromatic N) is 2. The van der Waals surface area contributed by atoms with Crippen LogP contribution in [-0.4, -0.2) is 69.1 Å². The topological polar surface area (TPSA) is 61.9 Å². The predicted molar refractivity (Wildman–Crippen MR) is 102 cm³/mol. The summed E-state index contributed by atoms with van der Waals surface area (Å²) in [5, 5.41) is 3.11. The first-order valence-electron chi connectivity index (χ1n) is 9.19. The van der Waals surface area contributed by atoms with Crippen molar-refractivity contribution in [3.8, 4) is 0 Å². The van der Waals surface area contributed by atoms with E-state index < -0.39 is 0 Å². The summed E-state index contributed by atoms with van der Waals surface area (Å²) in [5.74, 6) is 0.0589. The van der Waals surface area contributed by atoms with Gasteiger partial charge in [-0.15, -0.1) is 0 Å². The van der Waals surface area contributed by atoms with Gasteiger partial charge in [-0.3, -0.25) is 9.59 Å². The second-order valence-corrected chi connectivity index (χ2v) is 7.22. The highest BCUT2D eigenvalue weighted by Crippen LogP contribution is 2.20. The molecule has 1 aliphatic rings. The quantitative estimate of drug-likeness (QED) is 0.801. The van der Waals surface area contributed by atoms with Crippen molar-refractivity contribution in [2.24, 2.45) is 5.92 Å². The summed E-state index contributed by atoms with van der Waals surface area (Å²) in [5.41, 5.74) is 2.42. The van der Waals surface area contributed by atoms with Gasteiger partial charge in [0.25, 0.3) is 0 Å². The fourth-order valence-corrected chi connectivity index (χ4v) is 3.33. The van der Waals surface area contributed by atoms with E-state index in [0.717, 1.165) is 0 Å².